The zero-order chi connectivity index (χ0) is 14.2. The smallest absolute Gasteiger partial charge is 0.194 e. The van der Waals surface area contributed by atoms with Gasteiger partial charge in [0.05, 0.1) is 0 Å². The number of carbonyl (C=O) groups is 1. The minimum atomic E-state index is 0.0434. The second-order valence-corrected chi connectivity index (χ2v) is 6.33. The largest absolute Gasteiger partial charge is 0.289 e. The first kappa shape index (κ1) is 14.5. The second kappa shape index (κ2) is 5.63. The molecule has 2 rings (SSSR count). The first-order chi connectivity index (χ1) is 8.90. The van der Waals surface area contributed by atoms with Gasteiger partial charge in [-0.3, -0.25) is 4.79 Å². The van der Waals surface area contributed by atoms with Gasteiger partial charge < -0.3 is 0 Å². The average molecular weight is 385 g/mol. The molecule has 3 heteroatoms. The van der Waals surface area contributed by atoms with E-state index in [4.69, 9.17) is 11.6 Å². The van der Waals surface area contributed by atoms with Crippen LogP contribution in [0.25, 0.3) is 0 Å². The van der Waals surface area contributed by atoms with Gasteiger partial charge in [-0.25, -0.2) is 0 Å². The number of rotatable bonds is 2. The quantitative estimate of drug-likeness (QED) is 0.520. The highest BCUT2D eigenvalue weighted by Crippen LogP contribution is 2.25. The molecule has 0 N–H and O–H groups in total. The Morgan fingerprint density at radius 1 is 1.05 bits per heavy atom. The molecule has 0 unspecified atom stereocenters. The Balaban J connectivity index is 2.59. The van der Waals surface area contributed by atoms with E-state index in [2.05, 4.69) is 22.6 Å². The number of hydrogen-bond donors (Lipinski definition) is 0. The predicted octanol–water partition coefficient (Wildman–Crippen LogP) is 5.10. The molecule has 0 heterocycles. The third-order valence-corrected chi connectivity index (χ3v) is 4.25. The standard InChI is InChI=1S/C16H14ClIO/c1-9-6-10(2)15(11(3)7-9)16(19)13-8-12(17)4-5-14(13)18/h4-8H,1-3H3. The molecule has 0 aliphatic heterocycles. The molecule has 19 heavy (non-hydrogen) atoms. The van der Waals surface area contributed by atoms with Crippen LogP contribution >= 0.6 is 34.2 Å². The molecule has 2 aromatic rings. The van der Waals surface area contributed by atoms with Crippen molar-refractivity contribution in [1.82, 2.24) is 0 Å². The fourth-order valence-corrected chi connectivity index (χ4v) is 3.10. The van der Waals surface area contributed by atoms with Gasteiger partial charge in [-0.1, -0.05) is 29.3 Å². The molecule has 1 nitrogen and oxygen atoms in total. The van der Waals surface area contributed by atoms with E-state index >= 15 is 0 Å². The first-order valence-electron chi connectivity index (χ1n) is 5.97. The third-order valence-electron chi connectivity index (χ3n) is 3.08. The molecule has 0 saturated carbocycles. The number of benzene rings is 2. The maximum Gasteiger partial charge on any atom is 0.194 e. The van der Waals surface area contributed by atoms with Crippen molar-refractivity contribution in [2.24, 2.45) is 0 Å². The molecule has 0 aromatic heterocycles. The van der Waals surface area contributed by atoms with Crippen LogP contribution in [0.15, 0.2) is 30.3 Å². The van der Waals surface area contributed by atoms with Crippen molar-refractivity contribution in [2.75, 3.05) is 0 Å². The highest BCUT2D eigenvalue weighted by atomic mass is 127. The SMILES string of the molecule is Cc1cc(C)c(C(=O)c2cc(Cl)ccc2I)c(C)c1. The summed E-state index contributed by atoms with van der Waals surface area (Å²) in [6.45, 7) is 5.99. The van der Waals surface area contributed by atoms with Crippen molar-refractivity contribution < 1.29 is 4.79 Å². The molecule has 98 valence electrons. The van der Waals surface area contributed by atoms with Crippen molar-refractivity contribution in [3.63, 3.8) is 0 Å². The number of hydrogen-bond acceptors (Lipinski definition) is 1. The van der Waals surface area contributed by atoms with Crippen LogP contribution in [-0.2, 0) is 0 Å². The number of carbonyl (C=O) groups excluding carboxylic acids is 1. The van der Waals surface area contributed by atoms with E-state index < -0.39 is 0 Å². The van der Waals surface area contributed by atoms with Crippen molar-refractivity contribution in [1.29, 1.82) is 0 Å². The van der Waals surface area contributed by atoms with Crippen molar-refractivity contribution in [2.45, 2.75) is 20.8 Å². The lowest BCUT2D eigenvalue weighted by atomic mass is 9.93. The topological polar surface area (TPSA) is 17.1 Å². The Kier molecular flexibility index (Phi) is 4.31. The Labute approximate surface area is 132 Å². The highest BCUT2D eigenvalue weighted by molar-refractivity contribution is 14.1. The number of halogens is 2. The molecule has 0 radical (unpaired) electrons. The van der Waals surface area contributed by atoms with Gasteiger partial charge in [-0.15, -0.1) is 0 Å². The number of aryl methyl sites for hydroxylation is 3. The van der Waals surface area contributed by atoms with Crippen LogP contribution in [0.5, 0.6) is 0 Å². The summed E-state index contributed by atoms with van der Waals surface area (Å²) in [5.74, 6) is 0.0434. The summed E-state index contributed by atoms with van der Waals surface area (Å²) in [4.78, 5) is 12.7. The summed E-state index contributed by atoms with van der Waals surface area (Å²) in [7, 11) is 0. The van der Waals surface area contributed by atoms with Gasteiger partial charge in [-0.2, -0.15) is 0 Å². The van der Waals surface area contributed by atoms with E-state index in [9.17, 15) is 4.79 Å². The van der Waals surface area contributed by atoms with Crippen molar-refractivity contribution >= 4 is 40.0 Å². The van der Waals surface area contributed by atoms with Gasteiger partial charge in [0, 0.05) is 19.7 Å². The maximum absolute atomic E-state index is 12.7. The minimum Gasteiger partial charge on any atom is -0.289 e. The predicted molar refractivity (Wildman–Crippen MR) is 88.3 cm³/mol. The van der Waals surface area contributed by atoms with Gasteiger partial charge in [-0.05, 0) is 72.7 Å². The van der Waals surface area contributed by atoms with Crippen molar-refractivity contribution in [3.05, 3.63) is 66.7 Å². The summed E-state index contributed by atoms with van der Waals surface area (Å²) in [5.41, 5.74) is 4.65. The molecule has 0 amide bonds. The zero-order valence-electron chi connectivity index (χ0n) is 11.1. The normalized spacial score (nSPS) is 10.6. The molecule has 0 saturated heterocycles. The van der Waals surface area contributed by atoms with Crippen LogP contribution in [-0.4, -0.2) is 5.78 Å². The molecule has 0 bridgehead atoms. The summed E-state index contributed by atoms with van der Waals surface area (Å²) in [6, 6.07) is 9.49. The van der Waals surface area contributed by atoms with Crippen LogP contribution in [0, 0.1) is 24.3 Å². The third kappa shape index (κ3) is 3.00. The molecular formula is C16H14ClIO. The maximum atomic E-state index is 12.7. The minimum absolute atomic E-state index is 0.0434. The van der Waals surface area contributed by atoms with Gasteiger partial charge in [0.2, 0.25) is 0 Å². The molecule has 0 aliphatic carbocycles. The monoisotopic (exact) mass is 384 g/mol. The van der Waals surface area contributed by atoms with Crippen LogP contribution in [0.2, 0.25) is 5.02 Å². The fraction of sp³-hybridized carbons (Fsp3) is 0.188. The average Bonchev–Trinajstić information content (AvgIpc) is 2.30. The van der Waals surface area contributed by atoms with Gasteiger partial charge in [0.1, 0.15) is 0 Å². The molecule has 0 atom stereocenters. The lowest BCUT2D eigenvalue weighted by Gasteiger charge is -2.11. The Morgan fingerprint density at radius 2 is 1.63 bits per heavy atom. The summed E-state index contributed by atoms with van der Waals surface area (Å²) >= 11 is 8.17. The lowest BCUT2D eigenvalue weighted by molar-refractivity contribution is 0.103. The van der Waals surface area contributed by atoms with Crippen LogP contribution in [0.1, 0.15) is 32.6 Å². The summed E-state index contributed by atoms with van der Waals surface area (Å²) in [6.07, 6.45) is 0. The number of ketones is 1. The van der Waals surface area contributed by atoms with E-state index in [1.807, 2.05) is 39.0 Å². The van der Waals surface area contributed by atoms with Crippen LogP contribution in [0.4, 0.5) is 0 Å². The Bertz CT molecular complexity index is 639. The summed E-state index contributed by atoms with van der Waals surface area (Å²) in [5, 5.41) is 0.589. The Morgan fingerprint density at radius 3 is 2.21 bits per heavy atom. The van der Waals surface area contributed by atoms with E-state index in [0.717, 1.165) is 20.3 Å². The zero-order valence-corrected chi connectivity index (χ0v) is 14.0. The Hall–Kier alpha value is -0.870. The van der Waals surface area contributed by atoms with E-state index in [1.165, 1.54) is 5.56 Å². The summed E-state index contributed by atoms with van der Waals surface area (Å²) < 4.78 is 0.923. The van der Waals surface area contributed by atoms with Gasteiger partial charge >= 0.3 is 0 Å². The first-order valence-corrected chi connectivity index (χ1v) is 7.43. The van der Waals surface area contributed by atoms with Gasteiger partial charge in [0.25, 0.3) is 0 Å². The van der Waals surface area contributed by atoms with E-state index in [-0.39, 0.29) is 5.78 Å². The fourth-order valence-electron chi connectivity index (χ4n) is 2.34. The van der Waals surface area contributed by atoms with Gasteiger partial charge in [0.15, 0.2) is 5.78 Å². The molecule has 0 aliphatic rings. The highest BCUT2D eigenvalue weighted by Gasteiger charge is 2.17. The van der Waals surface area contributed by atoms with Crippen LogP contribution in [0.3, 0.4) is 0 Å². The molecular weight excluding hydrogens is 371 g/mol. The molecule has 0 fully saturated rings. The van der Waals surface area contributed by atoms with E-state index in [1.54, 1.807) is 12.1 Å². The van der Waals surface area contributed by atoms with E-state index in [0.29, 0.717) is 10.6 Å². The lowest BCUT2D eigenvalue weighted by Crippen LogP contribution is -2.08. The molecule has 2 aromatic carbocycles. The molecule has 0 spiro atoms. The van der Waals surface area contributed by atoms with Crippen molar-refractivity contribution in [3.8, 4) is 0 Å². The second-order valence-electron chi connectivity index (χ2n) is 4.73. The van der Waals surface area contributed by atoms with Crippen LogP contribution < -0.4 is 0 Å².